The second-order valence-corrected chi connectivity index (χ2v) is 17.2. The molecule has 292 valence electrons. The summed E-state index contributed by atoms with van der Waals surface area (Å²) in [5.41, 5.74) is 4.12. The first-order valence-corrected chi connectivity index (χ1v) is 21.1. The first-order valence-electron chi connectivity index (χ1n) is 20.0. The molecule has 3 amide bonds. The highest BCUT2D eigenvalue weighted by atomic mass is 32.2. The van der Waals surface area contributed by atoms with E-state index in [-0.39, 0.29) is 30.0 Å². The van der Waals surface area contributed by atoms with Crippen LogP contribution in [0.25, 0.3) is 21.9 Å². The molecule has 0 bridgehead atoms. The van der Waals surface area contributed by atoms with Crippen LogP contribution in [-0.2, 0) is 29.4 Å². The van der Waals surface area contributed by atoms with Crippen molar-refractivity contribution in [1.29, 1.82) is 0 Å². The van der Waals surface area contributed by atoms with Gasteiger partial charge in [0.25, 0.3) is 5.56 Å². The Morgan fingerprint density at radius 1 is 0.893 bits per heavy atom. The summed E-state index contributed by atoms with van der Waals surface area (Å²) in [5, 5.41) is 12.3. The molecule has 56 heavy (non-hydrogen) atoms. The molecule has 4 fully saturated rings. The minimum atomic E-state index is -1.25. The van der Waals surface area contributed by atoms with Crippen molar-refractivity contribution in [3.05, 3.63) is 82.3 Å². The highest BCUT2D eigenvalue weighted by Gasteiger charge is 2.30. The van der Waals surface area contributed by atoms with Crippen LogP contribution in [0.4, 0.5) is 16.6 Å². The zero-order valence-corrected chi connectivity index (χ0v) is 32.5. The Morgan fingerprint density at radius 3 is 2.48 bits per heavy atom. The number of amides is 3. The van der Waals surface area contributed by atoms with Crippen molar-refractivity contribution in [2.75, 3.05) is 42.9 Å². The SMILES string of the molecule is Cn1nc(N2CCC(=O)NC2=O)c2ccc(C3CCN(Cc4cccc(S(=O)N5CCC(Nc6ncc7ccc(=O)n(C8CCCC8)c7n6)CC5)c4)CC3)cc21. The number of piperidine rings is 2. The van der Waals surface area contributed by atoms with E-state index in [1.165, 1.54) is 11.1 Å². The molecule has 1 atom stereocenters. The van der Waals surface area contributed by atoms with Crippen LogP contribution < -0.4 is 21.1 Å². The van der Waals surface area contributed by atoms with Gasteiger partial charge in [0, 0.05) is 74.8 Å². The lowest BCUT2D eigenvalue weighted by atomic mass is 9.89. The number of aryl methyl sites for hydroxylation is 1. The van der Waals surface area contributed by atoms with E-state index < -0.39 is 17.0 Å². The van der Waals surface area contributed by atoms with Gasteiger partial charge < -0.3 is 5.32 Å². The standard InChI is InChI=1S/C41H48N10O4S/c1-47-35-24-29(9-11-34(35)39(46-47)50-22-17-36(52)44-41(50)54)28-13-18-48(19-14-28)26-27-5-4-8-33(23-27)56(55)49-20-15-31(16-21-49)43-40-42-25-30-10-12-37(53)51(38(30)45-40)32-6-2-3-7-32/h4-5,8-12,23-25,28,31-32H,2-3,6-7,13-22,26H2,1H3,(H,42,43,45)(H,44,52,54). The molecule has 15 heteroatoms. The topological polar surface area (TPSA) is 151 Å². The molecule has 3 aromatic heterocycles. The van der Waals surface area contributed by atoms with Gasteiger partial charge in [0.2, 0.25) is 11.9 Å². The predicted octanol–water partition coefficient (Wildman–Crippen LogP) is 5.22. The smallest absolute Gasteiger partial charge is 0.329 e. The Balaban J connectivity index is 0.783. The van der Waals surface area contributed by atoms with Gasteiger partial charge in [0.05, 0.1) is 10.4 Å². The number of likely N-dealkylation sites (tertiary alicyclic amines) is 1. The molecule has 4 aliphatic rings. The molecule has 6 heterocycles. The van der Waals surface area contributed by atoms with Crippen LogP contribution in [0.2, 0.25) is 0 Å². The minimum absolute atomic E-state index is 0.00176. The summed E-state index contributed by atoms with van der Waals surface area (Å²) in [6.45, 7) is 4.46. The molecule has 0 spiro atoms. The number of fused-ring (bicyclic) bond motifs is 2. The average Bonchev–Trinajstić information content (AvgIpc) is 3.86. The Morgan fingerprint density at radius 2 is 1.70 bits per heavy atom. The van der Waals surface area contributed by atoms with E-state index in [2.05, 4.69) is 60.3 Å². The maximum absolute atomic E-state index is 13.8. The monoisotopic (exact) mass is 776 g/mol. The van der Waals surface area contributed by atoms with E-state index in [9.17, 15) is 18.6 Å². The molecule has 3 aliphatic heterocycles. The van der Waals surface area contributed by atoms with Crippen LogP contribution in [-0.4, -0.2) is 88.4 Å². The lowest BCUT2D eigenvalue weighted by molar-refractivity contribution is -0.120. The summed E-state index contributed by atoms with van der Waals surface area (Å²) in [6.07, 6.45) is 10.1. The van der Waals surface area contributed by atoms with Gasteiger partial charge >= 0.3 is 6.03 Å². The molecule has 2 aromatic carbocycles. The predicted molar refractivity (Wildman–Crippen MR) is 216 cm³/mol. The summed E-state index contributed by atoms with van der Waals surface area (Å²) in [5.74, 6) is 1.29. The van der Waals surface area contributed by atoms with E-state index in [0.717, 1.165) is 92.2 Å². The van der Waals surface area contributed by atoms with Crippen LogP contribution in [0.1, 0.15) is 80.9 Å². The van der Waals surface area contributed by atoms with Crippen LogP contribution in [0.3, 0.4) is 0 Å². The molecular weight excluding hydrogens is 729 g/mol. The zero-order valence-electron chi connectivity index (χ0n) is 31.7. The third-order valence-electron chi connectivity index (χ3n) is 12.1. The fraction of sp³-hybridized carbons (Fsp3) is 0.463. The first kappa shape index (κ1) is 36.6. The van der Waals surface area contributed by atoms with Crippen LogP contribution in [0.15, 0.2) is 70.5 Å². The number of aromatic nitrogens is 5. The highest BCUT2D eigenvalue weighted by molar-refractivity contribution is 7.82. The van der Waals surface area contributed by atoms with Gasteiger partial charge in [0.1, 0.15) is 16.6 Å². The number of anilines is 2. The Bertz CT molecular complexity index is 2370. The third-order valence-corrected chi connectivity index (χ3v) is 13.6. The molecule has 1 saturated carbocycles. The van der Waals surface area contributed by atoms with Crippen molar-refractivity contribution in [3.63, 3.8) is 0 Å². The van der Waals surface area contributed by atoms with Crippen molar-refractivity contribution in [3.8, 4) is 0 Å². The number of hydrogen-bond donors (Lipinski definition) is 2. The van der Waals surface area contributed by atoms with Crippen molar-refractivity contribution < 1.29 is 13.8 Å². The Kier molecular flexibility index (Phi) is 10.1. The summed E-state index contributed by atoms with van der Waals surface area (Å²) >= 11 is 0. The molecule has 14 nitrogen and oxygen atoms in total. The van der Waals surface area contributed by atoms with Crippen LogP contribution >= 0.6 is 0 Å². The molecular formula is C41H48N10O4S. The average molecular weight is 777 g/mol. The second kappa shape index (κ2) is 15.5. The van der Waals surface area contributed by atoms with Crippen molar-refractivity contribution in [1.82, 2.24) is 38.8 Å². The molecule has 3 saturated heterocycles. The van der Waals surface area contributed by atoms with Gasteiger partial charge in [0.15, 0.2) is 5.82 Å². The number of nitrogens with one attached hydrogen (secondary N) is 2. The third kappa shape index (κ3) is 7.35. The number of imide groups is 1. The lowest BCUT2D eigenvalue weighted by Crippen LogP contribution is -2.49. The van der Waals surface area contributed by atoms with E-state index in [0.29, 0.717) is 43.0 Å². The Labute approximate surface area is 327 Å². The zero-order chi connectivity index (χ0) is 38.3. The van der Waals surface area contributed by atoms with Gasteiger partial charge in [-0.15, -0.1) is 0 Å². The van der Waals surface area contributed by atoms with Gasteiger partial charge in [-0.3, -0.25) is 34.0 Å². The molecule has 1 unspecified atom stereocenters. The number of pyridine rings is 1. The molecule has 0 radical (unpaired) electrons. The van der Waals surface area contributed by atoms with Crippen molar-refractivity contribution in [2.24, 2.45) is 7.05 Å². The second-order valence-electron chi connectivity index (χ2n) is 15.7. The number of rotatable bonds is 9. The van der Waals surface area contributed by atoms with E-state index in [1.807, 2.05) is 34.5 Å². The van der Waals surface area contributed by atoms with Crippen molar-refractivity contribution >= 4 is 56.6 Å². The number of carbonyl (C=O) groups excluding carboxylic acids is 2. The minimum Gasteiger partial charge on any atom is -0.351 e. The van der Waals surface area contributed by atoms with Crippen LogP contribution in [0.5, 0.6) is 0 Å². The fourth-order valence-electron chi connectivity index (χ4n) is 9.03. The fourth-order valence-corrected chi connectivity index (χ4v) is 10.3. The molecule has 2 N–H and O–H groups in total. The first-order chi connectivity index (χ1) is 27.3. The summed E-state index contributed by atoms with van der Waals surface area (Å²) < 4.78 is 19.5. The van der Waals surface area contributed by atoms with Gasteiger partial charge in [-0.1, -0.05) is 31.0 Å². The van der Waals surface area contributed by atoms with Gasteiger partial charge in [-0.25, -0.2) is 18.3 Å². The van der Waals surface area contributed by atoms with Gasteiger partial charge in [-0.2, -0.15) is 10.1 Å². The summed E-state index contributed by atoms with van der Waals surface area (Å²) in [4.78, 5) is 51.3. The summed E-state index contributed by atoms with van der Waals surface area (Å²) in [6, 6.07) is 18.0. The van der Waals surface area contributed by atoms with Crippen molar-refractivity contribution in [2.45, 2.75) is 87.2 Å². The number of urea groups is 1. The maximum atomic E-state index is 13.8. The number of hydrogen-bond acceptors (Lipinski definition) is 9. The van der Waals surface area contributed by atoms with E-state index in [4.69, 9.17) is 4.98 Å². The normalized spacial score (nSPS) is 20.3. The number of carbonyl (C=O) groups is 2. The largest absolute Gasteiger partial charge is 0.351 e. The van der Waals surface area contributed by atoms with E-state index in [1.54, 1.807) is 17.2 Å². The quantitative estimate of drug-likeness (QED) is 0.206. The lowest BCUT2D eigenvalue weighted by Gasteiger charge is -2.33. The highest BCUT2D eigenvalue weighted by Crippen LogP contribution is 2.34. The molecule has 1 aliphatic carbocycles. The maximum Gasteiger partial charge on any atom is 0.329 e. The van der Waals surface area contributed by atoms with E-state index >= 15 is 0 Å². The summed E-state index contributed by atoms with van der Waals surface area (Å²) in [7, 11) is 0.642. The molecule has 9 rings (SSSR count). The van der Waals surface area contributed by atoms with Gasteiger partial charge in [-0.05, 0) is 99.0 Å². The number of benzene rings is 2. The Hall–Kier alpha value is -4.99. The number of nitrogens with zero attached hydrogens (tertiary/aromatic N) is 8. The molecule has 5 aromatic rings. The van der Waals surface area contributed by atoms with Crippen LogP contribution in [0, 0.1) is 0 Å².